The van der Waals surface area contributed by atoms with Gasteiger partial charge in [0.05, 0.1) is 5.54 Å². The quantitative estimate of drug-likeness (QED) is 0.692. The van der Waals surface area contributed by atoms with Crippen LogP contribution in [-0.2, 0) is 9.59 Å². The molecule has 0 aromatic heterocycles. The van der Waals surface area contributed by atoms with Crippen LogP contribution in [0.2, 0.25) is 0 Å². The van der Waals surface area contributed by atoms with Crippen LogP contribution in [0.15, 0.2) is 0 Å². The molecule has 0 bridgehead atoms. The third-order valence-electron chi connectivity index (χ3n) is 2.86. The highest BCUT2D eigenvalue weighted by molar-refractivity contribution is 5.99. The molecular weight excluding hydrogens is 192 g/mol. The van der Waals surface area contributed by atoms with Crippen molar-refractivity contribution in [2.75, 3.05) is 6.54 Å². The Morgan fingerprint density at radius 1 is 1.27 bits per heavy atom. The summed E-state index contributed by atoms with van der Waals surface area (Å²) in [7, 11) is 0. The normalized spacial score (nSPS) is 22.1. The molecule has 15 heavy (non-hydrogen) atoms. The predicted octanol–water partition coefficient (Wildman–Crippen LogP) is 0.899. The lowest BCUT2D eigenvalue weighted by atomic mass is 9.80. The Hall–Kier alpha value is -0.900. The van der Waals surface area contributed by atoms with Gasteiger partial charge >= 0.3 is 0 Å². The molecule has 0 aliphatic carbocycles. The van der Waals surface area contributed by atoms with Crippen LogP contribution in [0.3, 0.4) is 0 Å². The van der Waals surface area contributed by atoms with Gasteiger partial charge in [0.25, 0.3) is 0 Å². The molecule has 2 amide bonds. The van der Waals surface area contributed by atoms with E-state index >= 15 is 0 Å². The lowest BCUT2D eigenvalue weighted by Crippen LogP contribution is -2.58. The monoisotopic (exact) mass is 212 g/mol. The van der Waals surface area contributed by atoms with Crippen molar-refractivity contribution in [1.82, 2.24) is 4.90 Å². The highest BCUT2D eigenvalue weighted by Crippen LogP contribution is 2.34. The molecule has 1 aliphatic heterocycles. The number of nitrogens with two attached hydrogens (primary N) is 1. The van der Waals surface area contributed by atoms with Gasteiger partial charge in [-0.05, 0) is 19.3 Å². The molecule has 1 fully saturated rings. The second-order valence-electron chi connectivity index (χ2n) is 5.66. The van der Waals surface area contributed by atoms with E-state index < -0.39 is 5.54 Å². The van der Waals surface area contributed by atoms with Crippen molar-refractivity contribution in [1.29, 1.82) is 0 Å². The molecular formula is C11H20N2O2. The van der Waals surface area contributed by atoms with Crippen molar-refractivity contribution < 1.29 is 9.59 Å². The van der Waals surface area contributed by atoms with Gasteiger partial charge in [-0.1, -0.05) is 13.8 Å². The fraction of sp³-hybridized carbons (Fsp3) is 0.818. The summed E-state index contributed by atoms with van der Waals surface area (Å²) in [6.45, 7) is 7.82. The number of carbonyl (C=O) groups is 2. The van der Waals surface area contributed by atoms with E-state index in [0.717, 1.165) is 0 Å². The van der Waals surface area contributed by atoms with E-state index in [2.05, 4.69) is 0 Å². The van der Waals surface area contributed by atoms with E-state index in [9.17, 15) is 9.59 Å². The largest absolute Gasteiger partial charge is 0.328 e. The molecule has 1 saturated heterocycles. The second-order valence-corrected chi connectivity index (χ2v) is 5.66. The fourth-order valence-corrected chi connectivity index (χ4v) is 1.94. The zero-order valence-corrected chi connectivity index (χ0v) is 9.96. The van der Waals surface area contributed by atoms with Gasteiger partial charge in [0.15, 0.2) is 0 Å². The molecule has 1 aliphatic rings. The summed E-state index contributed by atoms with van der Waals surface area (Å²) in [4.78, 5) is 25.1. The van der Waals surface area contributed by atoms with Gasteiger partial charge in [0.1, 0.15) is 0 Å². The molecule has 4 heteroatoms. The summed E-state index contributed by atoms with van der Waals surface area (Å²) in [6.07, 6.45) is 0.838. The standard InChI is InChI=1S/C11H20N2O2/c1-10(2)5-8(14)13(9(15)6-10)11(3,4)7-12/h5-7,12H2,1-4H3. The summed E-state index contributed by atoms with van der Waals surface area (Å²) in [6, 6.07) is 0. The maximum atomic E-state index is 11.9. The van der Waals surface area contributed by atoms with Crippen LogP contribution in [0, 0.1) is 5.41 Å². The van der Waals surface area contributed by atoms with E-state index in [-0.39, 0.29) is 17.2 Å². The number of carbonyl (C=O) groups excluding carboxylic acids is 2. The number of piperidine rings is 1. The average molecular weight is 212 g/mol. The average Bonchev–Trinajstić information content (AvgIpc) is 1.99. The van der Waals surface area contributed by atoms with Crippen molar-refractivity contribution in [3.8, 4) is 0 Å². The lowest BCUT2D eigenvalue weighted by molar-refractivity contribution is -0.158. The van der Waals surface area contributed by atoms with Crippen molar-refractivity contribution in [2.45, 2.75) is 46.1 Å². The zero-order valence-electron chi connectivity index (χ0n) is 9.96. The van der Waals surface area contributed by atoms with Crippen LogP contribution in [0.1, 0.15) is 40.5 Å². The van der Waals surface area contributed by atoms with Crippen LogP contribution in [-0.4, -0.2) is 28.8 Å². The summed E-state index contributed by atoms with van der Waals surface area (Å²) < 4.78 is 0. The second kappa shape index (κ2) is 3.59. The SMILES string of the molecule is CC1(C)CC(=O)N(C(C)(C)CN)C(=O)C1. The third-order valence-corrected chi connectivity index (χ3v) is 2.86. The van der Waals surface area contributed by atoms with E-state index in [1.54, 1.807) is 0 Å². The first-order valence-electron chi connectivity index (χ1n) is 5.26. The molecule has 0 unspecified atom stereocenters. The van der Waals surface area contributed by atoms with Crippen LogP contribution in [0.25, 0.3) is 0 Å². The van der Waals surface area contributed by atoms with E-state index in [1.165, 1.54) is 4.90 Å². The molecule has 0 atom stereocenters. The molecule has 0 aromatic carbocycles. The van der Waals surface area contributed by atoms with Gasteiger partial charge in [0, 0.05) is 19.4 Å². The molecule has 0 aromatic rings. The molecule has 0 radical (unpaired) electrons. The smallest absolute Gasteiger partial charge is 0.230 e. The first-order valence-corrected chi connectivity index (χ1v) is 5.26. The number of hydrogen-bond donors (Lipinski definition) is 1. The molecule has 86 valence electrons. The Balaban J connectivity index is 2.94. The minimum absolute atomic E-state index is 0.105. The number of likely N-dealkylation sites (tertiary alicyclic amines) is 1. The Labute approximate surface area is 90.8 Å². The number of amides is 2. The van der Waals surface area contributed by atoms with Crippen molar-refractivity contribution in [3.63, 3.8) is 0 Å². The molecule has 4 nitrogen and oxygen atoms in total. The van der Waals surface area contributed by atoms with Crippen LogP contribution in [0.5, 0.6) is 0 Å². The number of rotatable bonds is 2. The predicted molar refractivity (Wildman–Crippen MR) is 58.0 cm³/mol. The maximum absolute atomic E-state index is 11.9. The Bertz CT molecular complexity index is 275. The lowest BCUT2D eigenvalue weighted by Gasteiger charge is -2.42. The summed E-state index contributed by atoms with van der Waals surface area (Å²) in [5, 5.41) is 0. The minimum Gasteiger partial charge on any atom is -0.328 e. The van der Waals surface area contributed by atoms with Gasteiger partial charge in [-0.2, -0.15) is 0 Å². The highest BCUT2D eigenvalue weighted by Gasteiger charge is 2.43. The van der Waals surface area contributed by atoms with Gasteiger partial charge in [0.2, 0.25) is 11.8 Å². The Kier molecular flexibility index (Phi) is 2.92. The number of hydrogen-bond acceptors (Lipinski definition) is 3. The molecule has 0 spiro atoms. The van der Waals surface area contributed by atoms with Gasteiger partial charge < -0.3 is 5.73 Å². The molecule has 2 N–H and O–H groups in total. The van der Waals surface area contributed by atoms with Crippen molar-refractivity contribution in [3.05, 3.63) is 0 Å². The third kappa shape index (κ3) is 2.37. The summed E-state index contributed by atoms with van der Waals surface area (Å²) in [5.74, 6) is -0.210. The van der Waals surface area contributed by atoms with Gasteiger partial charge in [-0.15, -0.1) is 0 Å². The van der Waals surface area contributed by atoms with E-state index in [1.807, 2.05) is 27.7 Å². The minimum atomic E-state index is -0.565. The number of imide groups is 1. The molecule has 1 rings (SSSR count). The zero-order chi connectivity index (χ0) is 11.9. The van der Waals surface area contributed by atoms with E-state index in [0.29, 0.717) is 19.4 Å². The summed E-state index contributed by atoms with van der Waals surface area (Å²) >= 11 is 0. The highest BCUT2D eigenvalue weighted by atomic mass is 16.2. The maximum Gasteiger partial charge on any atom is 0.230 e. The van der Waals surface area contributed by atoms with Crippen molar-refractivity contribution >= 4 is 11.8 Å². The first kappa shape index (κ1) is 12.2. The number of nitrogens with zero attached hydrogens (tertiary/aromatic N) is 1. The topological polar surface area (TPSA) is 63.4 Å². The molecule has 1 heterocycles. The Morgan fingerprint density at radius 3 is 2.00 bits per heavy atom. The van der Waals surface area contributed by atoms with Crippen LogP contribution >= 0.6 is 0 Å². The van der Waals surface area contributed by atoms with Crippen LogP contribution in [0.4, 0.5) is 0 Å². The van der Waals surface area contributed by atoms with Gasteiger partial charge in [-0.25, -0.2) is 0 Å². The van der Waals surface area contributed by atoms with Gasteiger partial charge in [-0.3, -0.25) is 14.5 Å². The van der Waals surface area contributed by atoms with Crippen molar-refractivity contribution in [2.24, 2.45) is 11.1 Å². The first-order chi connectivity index (χ1) is 6.69. The Morgan fingerprint density at radius 2 is 1.67 bits per heavy atom. The van der Waals surface area contributed by atoms with Crippen LogP contribution < -0.4 is 5.73 Å². The fourth-order valence-electron chi connectivity index (χ4n) is 1.94. The summed E-state index contributed by atoms with van der Waals surface area (Å²) in [5.41, 5.74) is 4.81. The van der Waals surface area contributed by atoms with E-state index in [4.69, 9.17) is 5.73 Å². The molecule has 0 saturated carbocycles.